The molecule has 0 spiro atoms. The van der Waals surface area contributed by atoms with Crippen molar-refractivity contribution in [3.05, 3.63) is 16.3 Å². The zero-order chi connectivity index (χ0) is 13.2. The van der Waals surface area contributed by atoms with E-state index in [9.17, 15) is 4.79 Å². The lowest BCUT2D eigenvalue weighted by atomic mass is 9.98. The molecule has 0 aliphatic heterocycles. The zero-order valence-electron chi connectivity index (χ0n) is 11.4. The van der Waals surface area contributed by atoms with Crippen LogP contribution in [0, 0.1) is 17.8 Å². The number of thiophene rings is 1. The Morgan fingerprint density at radius 3 is 2.63 bits per heavy atom. The van der Waals surface area contributed by atoms with Crippen molar-refractivity contribution in [2.24, 2.45) is 17.8 Å². The quantitative estimate of drug-likeness (QED) is 0.804. The highest BCUT2D eigenvalue weighted by Crippen LogP contribution is 2.48. The van der Waals surface area contributed by atoms with E-state index in [-0.39, 0.29) is 5.91 Å². The van der Waals surface area contributed by atoms with Crippen LogP contribution in [0.5, 0.6) is 0 Å². The first-order chi connectivity index (χ1) is 9.24. The Morgan fingerprint density at radius 2 is 2.05 bits per heavy atom. The van der Waals surface area contributed by atoms with Crippen molar-refractivity contribution in [1.29, 1.82) is 0 Å². The number of nitrogens with one attached hydrogen (secondary N) is 2. The molecule has 2 aliphatic carbocycles. The van der Waals surface area contributed by atoms with Crippen LogP contribution in [0.4, 0.5) is 5.69 Å². The van der Waals surface area contributed by atoms with Gasteiger partial charge in [0.2, 0.25) is 5.91 Å². The standard InChI is InChI=1S/C15H22N2OS/c1-10(18)17-14-6-7-19-15(14)9-16-8-13(11-2-3-11)12-4-5-12/h6-7,11-13,16H,2-5,8-9H2,1H3,(H,17,18). The average Bonchev–Trinajstić information content (AvgIpc) is 3.26. The fourth-order valence-corrected chi connectivity index (χ4v) is 3.70. The van der Waals surface area contributed by atoms with Gasteiger partial charge in [0.1, 0.15) is 0 Å². The molecule has 2 saturated carbocycles. The third-order valence-electron chi connectivity index (χ3n) is 4.18. The van der Waals surface area contributed by atoms with Crippen LogP contribution in [0.25, 0.3) is 0 Å². The molecule has 104 valence electrons. The largest absolute Gasteiger partial charge is 0.325 e. The molecule has 4 heteroatoms. The van der Waals surface area contributed by atoms with Gasteiger partial charge in [0, 0.05) is 18.3 Å². The summed E-state index contributed by atoms with van der Waals surface area (Å²) in [4.78, 5) is 12.4. The van der Waals surface area contributed by atoms with E-state index in [4.69, 9.17) is 0 Å². The van der Waals surface area contributed by atoms with Gasteiger partial charge in [0.15, 0.2) is 0 Å². The number of anilines is 1. The Kier molecular flexibility index (Phi) is 3.89. The van der Waals surface area contributed by atoms with Crippen LogP contribution in [0.3, 0.4) is 0 Å². The number of hydrogen-bond acceptors (Lipinski definition) is 3. The molecule has 3 rings (SSSR count). The normalized spacial score (nSPS) is 18.8. The molecule has 3 nitrogen and oxygen atoms in total. The zero-order valence-corrected chi connectivity index (χ0v) is 12.3. The van der Waals surface area contributed by atoms with Gasteiger partial charge in [-0.05, 0) is 61.4 Å². The minimum Gasteiger partial charge on any atom is -0.325 e. The Bertz CT molecular complexity index is 437. The Hall–Kier alpha value is -0.870. The second-order valence-electron chi connectivity index (χ2n) is 5.91. The van der Waals surface area contributed by atoms with Crippen molar-refractivity contribution >= 4 is 22.9 Å². The molecule has 1 aromatic heterocycles. The first kappa shape index (κ1) is 13.1. The van der Waals surface area contributed by atoms with Crippen molar-refractivity contribution in [3.8, 4) is 0 Å². The highest BCUT2D eigenvalue weighted by atomic mass is 32.1. The van der Waals surface area contributed by atoms with Gasteiger partial charge < -0.3 is 10.6 Å². The lowest BCUT2D eigenvalue weighted by molar-refractivity contribution is -0.114. The molecule has 2 aliphatic rings. The van der Waals surface area contributed by atoms with E-state index in [1.54, 1.807) is 18.3 Å². The molecule has 19 heavy (non-hydrogen) atoms. The van der Waals surface area contributed by atoms with Gasteiger partial charge in [0.25, 0.3) is 0 Å². The summed E-state index contributed by atoms with van der Waals surface area (Å²) in [6.07, 6.45) is 5.77. The molecule has 0 aromatic carbocycles. The van der Waals surface area contributed by atoms with Gasteiger partial charge in [-0.2, -0.15) is 0 Å². The average molecular weight is 278 g/mol. The van der Waals surface area contributed by atoms with Crippen LogP contribution < -0.4 is 10.6 Å². The van der Waals surface area contributed by atoms with E-state index in [0.717, 1.165) is 36.5 Å². The van der Waals surface area contributed by atoms with Crippen LogP contribution >= 0.6 is 11.3 Å². The van der Waals surface area contributed by atoms with E-state index >= 15 is 0 Å². The molecule has 1 amide bonds. The number of amides is 1. The van der Waals surface area contributed by atoms with Crippen LogP contribution in [-0.2, 0) is 11.3 Å². The molecular formula is C15H22N2OS. The van der Waals surface area contributed by atoms with Gasteiger partial charge in [-0.3, -0.25) is 4.79 Å². The van der Waals surface area contributed by atoms with E-state index in [1.807, 2.05) is 11.4 Å². The van der Waals surface area contributed by atoms with Crippen LogP contribution in [0.2, 0.25) is 0 Å². The molecule has 0 saturated heterocycles. The monoisotopic (exact) mass is 278 g/mol. The smallest absolute Gasteiger partial charge is 0.221 e. The molecule has 1 heterocycles. The molecule has 2 N–H and O–H groups in total. The predicted octanol–water partition coefficient (Wildman–Crippen LogP) is 3.23. The SMILES string of the molecule is CC(=O)Nc1ccsc1CNCC(C1CC1)C1CC1. The number of carbonyl (C=O) groups is 1. The highest BCUT2D eigenvalue weighted by molar-refractivity contribution is 7.10. The van der Waals surface area contributed by atoms with Gasteiger partial charge in [-0.25, -0.2) is 0 Å². The van der Waals surface area contributed by atoms with Crippen molar-refractivity contribution in [3.63, 3.8) is 0 Å². The van der Waals surface area contributed by atoms with Crippen molar-refractivity contribution in [2.75, 3.05) is 11.9 Å². The Morgan fingerprint density at radius 1 is 1.37 bits per heavy atom. The van der Waals surface area contributed by atoms with Gasteiger partial charge in [-0.15, -0.1) is 11.3 Å². The van der Waals surface area contributed by atoms with Crippen LogP contribution in [-0.4, -0.2) is 12.5 Å². The highest BCUT2D eigenvalue weighted by Gasteiger charge is 2.40. The van der Waals surface area contributed by atoms with Gasteiger partial charge >= 0.3 is 0 Å². The van der Waals surface area contributed by atoms with Crippen LogP contribution in [0.1, 0.15) is 37.5 Å². The molecule has 0 radical (unpaired) electrons. The van der Waals surface area contributed by atoms with E-state index in [1.165, 1.54) is 30.6 Å². The molecule has 1 aromatic rings. The Labute approximate surface area is 118 Å². The third-order valence-corrected chi connectivity index (χ3v) is 5.10. The van der Waals surface area contributed by atoms with E-state index in [2.05, 4.69) is 10.6 Å². The molecule has 2 fully saturated rings. The van der Waals surface area contributed by atoms with Gasteiger partial charge in [-0.1, -0.05) is 0 Å². The lowest BCUT2D eigenvalue weighted by Gasteiger charge is -2.16. The lowest BCUT2D eigenvalue weighted by Crippen LogP contribution is -2.25. The molecule has 0 atom stereocenters. The van der Waals surface area contributed by atoms with Crippen molar-refractivity contribution in [2.45, 2.75) is 39.2 Å². The summed E-state index contributed by atoms with van der Waals surface area (Å²) in [5.74, 6) is 2.91. The maximum Gasteiger partial charge on any atom is 0.221 e. The van der Waals surface area contributed by atoms with Gasteiger partial charge in [0.05, 0.1) is 5.69 Å². The minimum atomic E-state index is 0.00786. The maximum absolute atomic E-state index is 11.1. The molecule has 0 unspecified atom stereocenters. The summed E-state index contributed by atoms with van der Waals surface area (Å²) in [7, 11) is 0. The van der Waals surface area contributed by atoms with Crippen molar-refractivity contribution < 1.29 is 4.79 Å². The van der Waals surface area contributed by atoms with E-state index in [0.29, 0.717) is 0 Å². The second-order valence-corrected chi connectivity index (χ2v) is 6.91. The Balaban J connectivity index is 1.48. The predicted molar refractivity (Wildman–Crippen MR) is 79.3 cm³/mol. The second kappa shape index (κ2) is 5.63. The fourth-order valence-electron chi connectivity index (χ4n) is 2.90. The first-order valence-corrected chi connectivity index (χ1v) is 8.16. The summed E-state index contributed by atoms with van der Waals surface area (Å²) in [5, 5.41) is 8.54. The topological polar surface area (TPSA) is 41.1 Å². The number of hydrogen-bond donors (Lipinski definition) is 2. The van der Waals surface area contributed by atoms with Crippen molar-refractivity contribution in [1.82, 2.24) is 5.32 Å². The summed E-state index contributed by atoms with van der Waals surface area (Å²) < 4.78 is 0. The molecule has 0 bridgehead atoms. The number of carbonyl (C=O) groups excluding carboxylic acids is 1. The van der Waals surface area contributed by atoms with Crippen LogP contribution in [0.15, 0.2) is 11.4 Å². The molecular weight excluding hydrogens is 256 g/mol. The number of rotatable bonds is 7. The maximum atomic E-state index is 11.1. The third kappa shape index (κ3) is 3.57. The minimum absolute atomic E-state index is 0.00786. The summed E-state index contributed by atoms with van der Waals surface area (Å²) >= 11 is 1.71. The fraction of sp³-hybridized carbons (Fsp3) is 0.667. The summed E-state index contributed by atoms with van der Waals surface area (Å²) in [5.41, 5.74) is 0.972. The summed E-state index contributed by atoms with van der Waals surface area (Å²) in [6.45, 7) is 3.58. The summed E-state index contributed by atoms with van der Waals surface area (Å²) in [6, 6.07) is 1.99. The van der Waals surface area contributed by atoms with E-state index < -0.39 is 0 Å². The first-order valence-electron chi connectivity index (χ1n) is 7.28.